The van der Waals surface area contributed by atoms with E-state index in [9.17, 15) is 12.3 Å². The third-order valence-corrected chi connectivity index (χ3v) is 1.70. The summed E-state index contributed by atoms with van der Waals surface area (Å²) in [5.41, 5.74) is 0. The Morgan fingerprint density at radius 1 is 1.55 bits per heavy atom. The molecule has 0 radical (unpaired) electrons. The number of nitrogens with zero attached hydrogens (tertiary/aromatic N) is 3. The fraction of sp³-hybridized carbons (Fsp3) is 0.500. The minimum atomic E-state index is -4.39. The second-order valence-corrected chi connectivity index (χ2v) is 3.39. The standard InChI is InChI=1S/C4H6FN3O2S/c5-11(9,10)2-1-8-4-6-3-7-8/h3-4H,1-2H2. The first-order valence-electron chi connectivity index (χ1n) is 2.83. The van der Waals surface area contributed by atoms with Crippen molar-refractivity contribution in [1.29, 1.82) is 0 Å². The van der Waals surface area contributed by atoms with Gasteiger partial charge < -0.3 is 0 Å². The van der Waals surface area contributed by atoms with Crippen molar-refractivity contribution in [3.63, 3.8) is 0 Å². The molecule has 0 fully saturated rings. The van der Waals surface area contributed by atoms with E-state index in [-0.39, 0.29) is 6.54 Å². The first-order chi connectivity index (χ1) is 5.08. The van der Waals surface area contributed by atoms with Crippen LogP contribution in [0.4, 0.5) is 3.89 Å². The normalized spacial score (nSPS) is 11.7. The van der Waals surface area contributed by atoms with Crippen LogP contribution in [0.15, 0.2) is 12.7 Å². The van der Waals surface area contributed by atoms with Gasteiger partial charge in [-0.15, -0.1) is 3.89 Å². The highest BCUT2D eigenvalue weighted by atomic mass is 32.3. The summed E-state index contributed by atoms with van der Waals surface area (Å²) in [6, 6.07) is 0. The predicted octanol–water partition coefficient (Wildman–Crippen LogP) is -0.423. The van der Waals surface area contributed by atoms with Crippen LogP contribution >= 0.6 is 0 Å². The summed E-state index contributed by atoms with van der Waals surface area (Å²) in [5.74, 6) is -0.559. The highest BCUT2D eigenvalue weighted by Crippen LogP contribution is 1.91. The van der Waals surface area contributed by atoms with Crippen molar-refractivity contribution in [3.8, 4) is 0 Å². The van der Waals surface area contributed by atoms with Crippen molar-refractivity contribution in [2.75, 3.05) is 5.75 Å². The molecule has 0 N–H and O–H groups in total. The zero-order chi connectivity index (χ0) is 8.32. The molecule has 1 rings (SSSR count). The Morgan fingerprint density at radius 2 is 2.27 bits per heavy atom. The molecule has 0 aliphatic heterocycles. The zero-order valence-corrected chi connectivity index (χ0v) is 6.33. The molecule has 0 aromatic carbocycles. The maximum Gasteiger partial charge on any atom is 0.304 e. The number of hydrogen-bond acceptors (Lipinski definition) is 4. The molecule has 0 unspecified atom stereocenters. The molecule has 11 heavy (non-hydrogen) atoms. The number of aromatic nitrogens is 3. The van der Waals surface area contributed by atoms with Gasteiger partial charge in [0.2, 0.25) is 0 Å². The van der Waals surface area contributed by atoms with Gasteiger partial charge in [0, 0.05) is 0 Å². The largest absolute Gasteiger partial charge is 0.304 e. The lowest BCUT2D eigenvalue weighted by Gasteiger charge is -1.94. The summed E-state index contributed by atoms with van der Waals surface area (Å²) in [7, 11) is -4.39. The van der Waals surface area contributed by atoms with Crippen molar-refractivity contribution < 1.29 is 12.3 Å². The lowest BCUT2D eigenvalue weighted by atomic mass is 10.8. The van der Waals surface area contributed by atoms with Crippen molar-refractivity contribution in [3.05, 3.63) is 12.7 Å². The second-order valence-electron chi connectivity index (χ2n) is 1.90. The third-order valence-electron chi connectivity index (χ3n) is 1.03. The first kappa shape index (κ1) is 8.12. The summed E-state index contributed by atoms with van der Waals surface area (Å²) >= 11 is 0. The maximum atomic E-state index is 11.9. The van der Waals surface area contributed by atoms with Crippen LogP contribution < -0.4 is 0 Å². The van der Waals surface area contributed by atoms with Crippen LogP contribution in [0.25, 0.3) is 0 Å². The van der Waals surface area contributed by atoms with Gasteiger partial charge in [-0.2, -0.15) is 13.5 Å². The van der Waals surface area contributed by atoms with E-state index >= 15 is 0 Å². The molecule has 0 bridgehead atoms. The van der Waals surface area contributed by atoms with Gasteiger partial charge in [-0.25, -0.2) is 4.98 Å². The van der Waals surface area contributed by atoms with Gasteiger partial charge in [-0.05, 0) is 0 Å². The monoisotopic (exact) mass is 179 g/mol. The van der Waals surface area contributed by atoms with Crippen LogP contribution in [0.5, 0.6) is 0 Å². The molecule has 0 amide bonds. The summed E-state index contributed by atoms with van der Waals surface area (Å²) in [6.45, 7) is -0.00116. The summed E-state index contributed by atoms with van der Waals surface area (Å²) in [6.07, 6.45) is 2.58. The third kappa shape index (κ3) is 3.08. The van der Waals surface area contributed by atoms with Crippen LogP contribution in [0.2, 0.25) is 0 Å². The minimum absolute atomic E-state index is 0.00116. The van der Waals surface area contributed by atoms with E-state index < -0.39 is 16.0 Å². The van der Waals surface area contributed by atoms with Gasteiger partial charge in [-0.3, -0.25) is 4.68 Å². The lowest BCUT2D eigenvalue weighted by molar-refractivity contribution is 0.539. The highest BCUT2D eigenvalue weighted by Gasteiger charge is 2.06. The van der Waals surface area contributed by atoms with Crippen LogP contribution in [-0.4, -0.2) is 28.9 Å². The lowest BCUT2D eigenvalue weighted by Crippen LogP contribution is -2.08. The number of aryl methyl sites for hydroxylation is 1. The fourth-order valence-corrected chi connectivity index (χ4v) is 0.956. The van der Waals surface area contributed by atoms with E-state index in [2.05, 4.69) is 10.1 Å². The van der Waals surface area contributed by atoms with E-state index in [0.29, 0.717) is 0 Å². The molecular formula is C4H6FN3O2S. The Morgan fingerprint density at radius 3 is 2.73 bits per heavy atom. The summed E-state index contributed by atoms with van der Waals surface area (Å²) < 4.78 is 33.1. The molecule has 1 aromatic rings. The number of halogens is 1. The average molecular weight is 179 g/mol. The molecule has 0 spiro atoms. The molecule has 7 heteroatoms. The minimum Gasteiger partial charge on any atom is -0.252 e. The molecule has 1 aromatic heterocycles. The van der Waals surface area contributed by atoms with E-state index in [4.69, 9.17) is 0 Å². The van der Waals surface area contributed by atoms with E-state index in [0.717, 1.165) is 0 Å². The van der Waals surface area contributed by atoms with Crippen LogP contribution in [-0.2, 0) is 16.8 Å². The molecule has 5 nitrogen and oxygen atoms in total. The van der Waals surface area contributed by atoms with Crippen LogP contribution in [0.3, 0.4) is 0 Å². The predicted molar refractivity (Wildman–Crippen MR) is 34.9 cm³/mol. The van der Waals surface area contributed by atoms with Crippen molar-refractivity contribution in [2.45, 2.75) is 6.54 Å². The first-order valence-corrected chi connectivity index (χ1v) is 4.38. The Labute approximate surface area is 63.1 Å². The Kier molecular flexibility index (Phi) is 2.18. The van der Waals surface area contributed by atoms with Gasteiger partial charge in [0.1, 0.15) is 12.7 Å². The molecule has 0 saturated heterocycles. The summed E-state index contributed by atoms with van der Waals surface area (Å²) in [5, 5.41) is 3.59. The quantitative estimate of drug-likeness (QED) is 0.591. The molecule has 0 atom stereocenters. The van der Waals surface area contributed by atoms with Gasteiger partial charge in [0.05, 0.1) is 12.3 Å². The molecule has 0 aliphatic rings. The summed E-state index contributed by atoms with van der Waals surface area (Å²) in [4.78, 5) is 3.56. The Balaban J connectivity index is 2.48. The number of hydrogen-bond donors (Lipinski definition) is 0. The molecule has 1 heterocycles. The van der Waals surface area contributed by atoms with Gasteiger partial charge in [-0.1, -0.05) is 0 Å². The number of rotatable bonds is 3. The fourth-order valence-electron chi connectivity index (χ4n) is 0.551. The van der Waals surface area contributed by atoms with E-state index in [1.807, 2.05) is 0 Å². The molecule has 0 saturated carbocycles. The van der Waals surface area contributed by atoms with Gasteiger partial charge >= 0.3 is 10.2 Å². The van der Waals surface area contributed by atoms with E-state index in [1.54, 1.807) is 0 Å². The van der Waals surface area contributed by atoms with Crippen molar-refractivity contribution >= 4 is 10.2 Å². The van der Waals surface area contributed by atoms with Crippen molar-refractivity contribution in [1.82, 2.24) is 14.8 Å². The molecule has 0 aliphatic carbocycles. The van der Waals surface area contributed by atoms with Crippen molar-refractivity contribution in [2.24, 2.45) is 0 Å². The SMILES string of the molecule is O=S(=O)(F)CCn1cncn1. The smallest absolute Gasteiger partial charge is 0.252 e. The average Bonchev–Trinajstić information content (AvgIpc) is 2.32. The molecular weight excluding hydrogens is 173 g/mol. The Hall–Kier alpha value is -0.980. The van der Waals surface area contributed by atoms with Crippen LogP contribution in [0, 0.1) is 0 Å². The van der Waals surface area contributed by atoms with Gasteiger partial charge in [0.25, 0.3) is 0 Å². The van der Waals surface area contributed by atoms with E-state index in [1.165, 1.54) is 17.3 Å². The zero-order valence-electron chi connectivity index (χ0n) is 5.51. The maximum absolute atomic E-state index is 11.9. The topological polar surface area (TPSA) is 64.8 Å². The highest BCUT2D eigenvalue weighted by molar-refractivity contribution is 7.86. The molecule has 62 valence electrons. The van der Waals surface area contributed by atoms with Gasteiger partial charge in [0.15, 0.2) is 0 Å². The Bertz CT molecular complexity index is 306. The van der Waals surface area contributed by atoms with Crippen LogP contribution in [0.1, 0.15) is 0 Å². The second kappa shape index (κ2) is 2.95.